The number of para-hydroxylation sites is 1. The molecule has 2 heterocycles. The third-order valence-electron chi connectivity index (χ3n) is 8.22. The lowest BCUT2D eigenvalue weighted by molar-refractivity contribution is 0.381. The van der Waals surface area contributed by atoms with Gasteiger partial charge in [-0.1, -0.05) is 109 Å². The molecule has 0 spiro atoms. The van der Waals surface area contributed by atoms with Gasteiger partial charge < -0.3 is 0 Å². The lowest BCUT2D eigenvalue weighted by Gasteiger charge is -2.19. The van der Waals surface area contributed by atoms with Gasteiger partial charge in [-0.2, -0.15) is 0 Å². The Morgan fingerprint density at radius 2 is 0.830 bits per heavy atom. The van der Waals surface area contributed by atoms with E-state index in [9.17, 15) is 13.2 Å². The van der Waals surface area contributed by atoms with Crippen LogP contribution in [0.5, 0.6) is 0 Å². The summed E-state index contributed by atoms with van der Waals surface area (Å²) in [4.78, 5) is 15.1. The smallest absolute Gasteiger partial charge is 0.200 e. The quantitative estimate of drug-likeness (QED) is 0.0846. The Morgan fingerprint density at radius 3 is 1.40 bits per heavy atom. The first kappa shape index (κ1) is 28.5. The van der Waals surface area contributed by atoms with Gasteiger partial charge in [-0.15, -0.1) is 0 Å². The second kappa shape index (κ2) is 11.1. The highest BCUT2D eigenvalue weighted by Crippen LogP contribution is 2.45. The van der Waals surface area contributed by atoms with E-state index in [1.807, 2.05) is 60.7 Å². The van der Waals surface area contributed by atoms with Gasteiger partial charge in [0.2, 0.25) is 5.82 Å². The minimum atomic E-state index is -2.24. The summed E-state index contributed by atoms with van der Waals surface area (Å²) < 4.78 is 75.4. The number of hydrogen-bond donors (Lipinski definition) is 0. The van der Waals surface area contributed by atoms with Crippen LogP contribution in [0.3, 0.4) is 0 Å². The molecule has 226 valence electrons. The van der Waals surface area contributed by atoms with Crippen LogP contribution < -0.4 is 0 Å². The van der Waals surface area contributed by atoms with Crippen LogP contribution in [0.4, 0.5) is 22.0 Å². The molecular formula is C39H20F5N3. The Kier molecular flexibility index (Phi) is 6.72. The van der Waals surface area contributed by atoms with Crippen LogP contribution >= 0.6 is 0 Å². The molecule has 8 aromatic rings. The van der Waals surface area contributed by atoms with Crippen molar-refractivity contribution in [2.75, 3.05) is 0 Å². The van der Waals surface area contributed by atoms with Crippen molar-refractivity contribution in [3.05, 3.63) is 150 Å². The summed E-state index contributed by atoms with van der Waals surface area (Å²) >= 11 is 0. The largest absolute Gasteiger partial charge is 0.247 e. The zero-order valence-electron chi connectivity index (χ0n) is 24.3. The number of rotatable bonds is 4. The van der Waals surface area contributed by atoms with E-state index in [-0.39, 0.29) is 22.2 Å². The molecule has 0 bridgehead atoms. The van der Waals surface area contributed by atoms with E-state index in [2.05, 4.69) is 0 Å². The van der Waals surface area contributed by atoms with Gasteiger partial charge in [0.15, 0.2) is 23.3 Å². The van der Waals surface area contributed by atoms with Crippen molar-refractivity contribution in [1.82, 2.24) is 15.0 Å². The SMILES string of the molecule is Fc1c(F)c(F)c(-c2cc3nc(-c4ccccc4)c(-c4ccccc4)nc3c3c2c(-c2ccccc2)nc2ccccc23)c(F)c1F. The second-order valence-corrected chi connectivity index (χ2v) is 11.0. The lowest BCUT2D eigenvalue weighted by atomic mass is 9.90. The summed E-state index contributed by atoms with van der Waals surface area (Å²) in [5, 5.41) is 1.15. The summed E-state index contributed by atoms with van der Waals surface area (Å²) in [5.41, 5.74) is 3.20. The molecule has 6 aromatic carbocycles. The first-order valence-corrected chi connectivity index (χ1v) is 14.7. The van der Waals surface area contributed by atoms with E-state index < -0.39 is 34.6 Å². The van der Waals surface area contributed by atoms with Crippen LogP contribution in [0.2, 0.25) is 0 Å². The third kappa shape index (κ3) is 4.52. The molecule has 3 nitrogen and oxygen atoms in total. The highest BCUT2D eigenvalue weighted by atomic mass is 19.2. The molecule has 0 saturated carbocycles. The van der Waals surface area contributed by atoms with Gasteiger partial charge >= 0.3 is 0 Å². The summed E-state index contributed by atoms with van der Waals surface area (Å²) in [6, 6.07) is 36.1. The molecule has 0 amide bonds. The van der Waals surface area contributed by atoms with E-state index >= 15 is 8.78 Å². The molecule has 2 aromatic heterocycles. The van der Waals surface area contributed by atoms with Gasteiger partial charge in [0.1, 0.15) is 0 Å². The van der Waals surface area contributed by atoms with Gasteiger partial charge in [0, 0.05) is 38.4 Å². The lowest BCUT2D eigenvalue weighted by Crippen LogP contribution is -2.06. The van der Waals surface area contributed by atoms with Crippen LogP contribution in [-0.4, -0.2) is 15.0 Å². The topological polar surface area (TPSA) is 38.7 Å². The van der Waals surface area contributed by atoms with Gasteiger partial charge in [-0.25, -0.2) is 36.9 Å². The molecule has 0 atom stereocenters. The van der Waals surface area contributed by atoms with Crippen molar-refractivity contribution < 1.29 is 22.0 Å². The first-order chi connectivity index (χ1) is 22.9. The fourth-order valence-corrected chi connectivity index (χ4v) is 6.10. The standard InChI is InChI=1S/C39H20F5N3/c40-31-30(32(41)34(43)35(44)33(31)42)25-20-27-39(47-38(23-16-8-3-9-17-23)37(46-27)22-14-6-2-7-15-22)28-24-18-10-11-19-26(24)45-36(29(25)28)21-12-4-1-5-13-21/h1-20H. The van der Waals surface area contributed by atoms with Crippen LogP contribution in [0, 0.1) is 29.1 Å². The van der Waals surface area contributed by atoms with E-state index in [4.69, 9.17) is 15.0 Å². The van der Waals surface area contributed by atoms with E-state index in [1.165, 1.54) is 6.07 Å². The summed E-state index contributed by atoms with van der Waals surface area (Å²) in [7, 11) is 0. The highest BCUT2D eigenvalue weighted by Gasteiger charge is 2.30. The average Bonchev–Trinajstić information content (AvgIpc) is 3.13. The van der Waals surface area contributed by atoms with E-state index in [0.717, 1.165) is 11.1 Å². The Balaban J connectivity index is 1.65. The molecule has 8 rings (SSSR count). The number of aromatic nitrogens is 3. The second-order valence-electron chi connectivity index (χ2n) is 11.0. The molecule has 0 aliphatic carbocycles. The predicted octanol–water partition coefficient (Wildman–Crippen LogP) is 10.7. The number of benzene rings is 6. The first-order valence-electron chi connectivity index (χ1n) is 14.7. The van der Waals surface area contributed by atoms with Gasteiger partial charge in [0.05, 0.1) is 39.2 Å². The molecule has 8 heteroatoms. The number of hydrogen-bond acceptors (Lipinski definition) is 3. The zero-order valence-corrected chi connectivity index (χ0v) is 24.3. The average molecular weight is 626 g/mol. The van der Waals surface area contributed by atoms with Crippen molar-refractivity contribution >= 4 is 32.7 Å². The van der Waals surface area contributed by atoms with Gasteiger partial charge in [-0.05, 0) is 12.1 Å². The normalized spacial score (nSPS) is 11.5. The van der Waals surface area contributed by atoms with Gasteiger partial charge in [0.25, 0.3) is 0 Å². The molecule has 0 fully saturated rings. The Labute approximate surface area is 264 Å². The molecule has 0 radical (unpaired) electrons. The fraction of sp³-hybridized carbons (Fsp3) is 0. The minimum absolute atomic E-state index is 0.173. The zero-order chi connectivity index (χ0) is 32.2. The molecular weight excluding hydrogens is 605 g/mol. The molecule has 0 unspecified atom stereocenters. The van der Waals surface area contributed by atoms with Crippen molar-refractivity contribution in [1.29, 1.82) is 0 Å². The van der Waals surface area contributed by atoms with Crippen LogP contribution in [0.1, 0.15) is 0 Å². The van der Waals surface area contributed by atoms with Crippen LogP contribution in [0.15, 0.2) is 121 Å². The minimum Gasteiger partial charge on any atom is -0.247 e. The third-order valence-corrected chi connectivity index (χ3v) is 8.22. The summed E-state index contributed by atoms with van der Waals surface area (Å²) in [6.45, 7) is 0. The maximum atomic E-state index is 15.7. The molecule has 0 aliphatic heterocycles. The Bertz CT molecular complexity index is 2480. The van der Waals surface area contributed by atoms with Gasteiger partial charge in [-0.3, -0.25) is 0 Å². The van der Waals surface area contributed by atoms with Crippen molar-refractivity contribution in [2.45, 2.75) is 0 Å². The summed E-state index contributed by atoms with van der Waals surface area (Å²) in [6.07, 6.45) is 0. The van der Waals surface area contributed by atoms with Crippen LogP contribution in [-0.2, 0) is 0 Å². The number of fused-ring (bicyclic) bond motifs is 5. The van der Waals surface area contributed by atoms with Crippen molar-refractivity contribution in [3.8, 4) is 44.9 Å². The number of nitrogens with zero attached hydrogens (tertiary/aromatic N) is 3. The van der Waals surface area contributed by atoms with Crippen molar-refractivity contribution in [3.63, 3.8) is 0 Å². The van der Waals surface area contributed by atoms with E-state index in [0.29, 0.717) is 38.8 Å². The molecule has 0 N–H and O–H groups in total. The van der Waals surface area contributed by atoms with E-state index in [1.54, 1.807) is 54.6 Å². The number of pyridine rings is 1. The summed E-state index contributed by atoms with van der Waals surface area (Å²) in [5.74, 6) is -10.2. The van der Waals surface area contributed by atoms with Crippen molar-refractivity contribution in [2.24, 2.45) is 0 Å². The predicted molar refractivity (Wildman–Crippen MR) is 174 cm³/mol. The molecule has 0 aliphatic rings. The Hall–Kier alpha value is -6.02. The maximum Gasteiger partial charge on any atom is 0.200 e. The molecule has 0 saturated heterocycles. The molecule has 47 heavy (non-hydrogen) atoms. The number of halogens is 5. The Morgan fingerprint density at radius 1 is 0.383 bits per heavy atom. The monoisotopic (exact) mass is 625 g/mol. The highest BCUT2D eigenvalue weighted by molar-refractivity contribution is 6.25. The maximum absolute atomic E-state index is 15.7. The van der Waals surface area contributed by atoms with Crippen LogP contribution in [0.25, 0.3) is 77.6 Å². The fourth-order valence-electron chi connectivity index (χ4n) is 6.10.